The fourth-order valence-electron chi connectivity index (χ4n) is 1.83. The second-order valence-corrected chi connectivity index (χ2v) is 5.10. The van der Waals surface area contributed by atoms with Crippen LogP contribution in [0.2, 0.25) is 0 Å². The normalized spacial score (nSPS) is 24.0. The predicted molar refractivity (Wildman–Crippen MR) is 64.0 cm³/mol. The molecule has 1 saturated heterocycles. The fourth-order valence-corrected chi connectivity index (χ4v) is 2.51. The molecule has 1 aliphatic heterocycles. The maximum atomic E-state index is 5.56. The van der Waals surface area contributed by atoms with E-state index in [0.717, 1.165) is 25.6 Å². The Morgan fingerprint density at radius 2 is 2.43 bits per heavy atom. The molecular weight excluding hydrogens is 194 g/mol. The fraction of sp³-hybridized carbons (Fsp3) is 1.00. The van der Waals surface area contributed by atoms with Crippen molar-refractivity contribution in [2.45, 2.75) is 32.3 Å². The smallest absolute Gasteiger partial charge is 0.0588 e. The van der Waals surface area contributed by atoms with Crippen LogP contribution in [0.5, 0.6) is 0 Å². The average Bonchev–Trinajstić information content (AvgIpc) is 2.65. The zero-order chi connectivity index (χ0) is 10.2. The number of thioether (sulfide) groups is 1. The van der Waals surface area contributed by atoms with E-state index in [4.69, 9.17) is 4.74 Å². The van der Waals surface area contributed by atoms with Crippen molar-refractivity contribution in [2.24, 2.45) is 5.92 Å². The Labute approximate surface area is 92.2 Å². The first-order valence-corrected chi connectivity index (χ1v) is 7.03. The lowest BCUT2D eigenvalue weighted by molar-refractivity contribution is 0.104. The van der Waals surface area contributed by atoms with Gasteiger partial charge in [-0.05, 0) is 50.3 Å². The van der Waals surface area contributed by atoms with Gasteiger partial charge in [-0.3, -0.25) is 0 Å². The van der Waals surface area contributed by atoms with Gasteiger partial charge in [0, 0.05) is 6.61 Å². The summed E-state index contributed by atoms with van der Waals surface area (Å²) in [5.41, 5.74) is 0. The number of hydrogen-bond acceptors (Lipinski definition) is 3. The minimum absolute atomic E-state index is 0.540. The molecule has 0 aliphatic carbocycles. The van der Waals surface area contributed by atoms with Crippen LogP contribution in [0.1, 0.15) is 26.2 Å². The van der Waals surface area contributed by atoms with Gasteiger partial charge in [0.15, 0.2) is 0 Å². The van der Waals surface area contributed by atoms with Gasteiger partial charge in [0.25, 0.3) is 0 Å². The molecule has 2 atom stereocenters. The Bertz CT molecular complexity index is 137. The van der Waals surface area contributed by atoms with Crippen molar-refractivity contribution < 1.29 is 4.74 Å². The maximum Gasteiger partial charge on any atom is 0.0588 e. The summed E-state index contributed by atoms with van der Waals surface area (Å²) >= 11 is 1.93. The highest BCUT2D eigenvalue weighted by atomic mass is 32.2. The molecule has 84 valence electrons. The van der Waals surface area contributed by atoms with Gasteiger partial charge in [0.2, 0.25) is 0 Å². The Balaban J connectivity index is 1.88. The van der Waals surface area contributed by atoms with Gasteiger partial charge in [0.1, 0.15) is 0 Å². The summed E-state index contributed by atoms with van der Waals surface area (Å²) < 4.78 is 5.56. The van der Waals surface area contributed by atoms with E-state index < -0.39 is 0 Å². The van der Waals surface area contributed by atoms with Crippen LogP contribution in [0.25, 0.3) is 0 Å². The molecule has 0 aromatic heterocycles. The number of hydrogen-bond donors (Lipinski definition) is 1. The number of ether oxygens (including phenoxy) is 1. The summed E-state index contributed by atoms with van der Waals surface area (Å²) in [6, 6.07) is 0. The molecule has 0 radical (unpaired) electrons. The molecule has 2 nitrogen and oxygen atoms in total. The van der Waals surface area contributed by atoms with Crippen molar-refractivity contribution in [2.75, 3.05) is 31.7 Å². The van der Waals surface area contributed by atoms with E-state index in [0.29, 0.717) is 6.10 Å². The van der Waals surface area contributed by atoms with Gasteiger partial charge in [-0.15, -0.1) is 0 Å². The van der Waals surface area contributed by atoms with E-state index in [1.165, 1.54) is 25.0 Å². The molecule has 1 fully saturated rings. The Morgan fingerprint density at radius 1 is 1.57 bits per heavy atom. The summed E-state index contributed by atoms with van der Waals surface area (Å²) in [6.45, 7) is 5.54. The molecule has 0 spiro atoms. The van der Waals surface area contributed by atoms with Crippen LogP contribution in [0.4, 0.5) is 0 Å². The van der Waals surface area contributed by atoms with Crippen LogP contribution >= 0.6 is 11.8 Å². The highest BCUT2D eigenvalue weighted by Crippen LogP contribution is 2.14. The molecule has 1 aliphatic rings. The molecule has 0 amide bonds. The van der Waals surface area contributed by atoms with E-state index in [-0.39, 0.29) is 0 Å². The van der Waals surface area contributed by atoms with Crippen LogP contribution in [0.3, 0.4) is 0 Å². The van der Waals surface area contributed by atoms with Crippen LogP contribution in [0.15, 0.2) is 0 Å². The molecule has 1 N–H and O–H groups in total. The molecular formula is C11H23NOS. The summed E-state index contributed by atoms with van der Waals surface area (Å²) in [6.07, 6.45) is 6.42. The SMILES string of the molecule is CSCC(C)CNCCC1CCCO1. The molecule has 14 heavy (non-hydrogen) atoms. The van der Waals surface area contributed by atoms with E-state index in [2.05, 4.69) is 18.5 Å². The summed E-state index contributed by atoms with van der Waals surface area (Å²) in [5, 5.41) is 3.50. The summed E-state index contributed by atoms with van der Waals surface area (Å²) in [4.78, 5) is 0. The third-order valence-corrected chi connectivity index (χ3v) is 3.51. The lowest BCUT2D eigenvalue weighted by Crippen LogP contribution is -2.25. The zero-order valence-corrected chi connectivity index (χ0v) is 10.2. The largest absolute Gasteiger partial charge is 0.378 e. The summed E-state index contributed by atoms with van der Waals surface area (Å²) in [5.74, 6) is 2.04. The minimum Gasteiger partial charge on any atom is -0.378 e. The van der Waals surface area contributed by atoms with E-state index in [1.54, 1.807) is 0 Å². The minimum atomic E-state index is 0.540. The first-order chi connectivity index (χ1) is 6.83. The van der Waals surface area contributed by atoms with Gasteiger partial charge in [-0.1, -0.05) is 6.92 Å². The third kappa shape index (κ3) is 5.23. The second-order valence-electron chi connectivity index (χ2n) is 4.19. The first-order valence-electron chi connectivity index (χ1n) is 5.64. The van der Waals surface area contributed by atoms with Crippen molar-refractivity contribution >= 4 is 11.8 Å². The molecule has 0 aromatic rings. The topological polar surface area (TPSA) is 21.3 Å². The van der Waals surface area contributed by atoms with Crippen molar-refractivity contribution in [3.05, 3.63) is 0 Å². The highest BCUT2D eigenvalue weighted by Gasteiger charge is 2.14. The molecule has 3 heteroatoms. The van der Waals surface area contributed by atoms with E-state index >= 15 is 0 Å². The molecule has 0 aromatic carbocycles. The van der Waals surface area contributed by atoms with Crippen LogP contribution in [-0.2, 0) is 4.74 Å². The monoisotopic (exact) mass is 217 g/mol. The van der Waals surface area contributed by atoms with Crippen LogP contribution in [-0.4, -0.2) is 37.8 Å². The Kier molecular flexibility index (Phi) is 6.65. The lowest BCUT2D eigenvalue weighted by atomic mass is 10.2. The van der Waals surface area contributed by atoms with Crippen molar-refractivity contribution in [1.82, 2.24) is 5.32 Å². The molecule has 1 rings (SSSR count). The first kappa shape index (κ1) is 12.3. The van der Waals surface area contributed by atoms with Crippen LogP contribution in [0, 0.1) is 5.92 Å². The second kappa shape index (κ2) is 7.55. The van der Waals surface area contributed by atoms with Gasteiger partial charge in [0.05, 0.1) is 6.10 Å². The van der Waals surface area contributed by atoms with Crippen LogP contribution < -0.4 is 5.32 Å². The van der Waals surface area contributed by atoms with Gasteiger partial charge in [-0.2, -0.15) is 11.8 Å². The maximum absolute atomic E-state index is 5.56. The van der Waals surface area contributed by atoms with E-state index in [1.807, 2.05) is 11.8 Å². The van der Waals surface area contributed by atoms with Crippen molar-refractivity contribution in [3.63, 3.8) is 0 Å². The number of rotatable bonds is 7. The number of nitrogens with one attached hydrogen (secondary N) is 1. The molecule has 0 saturated carbocycles. The third-order valence-electron chi connectivity index (χ3n) is 2.61. The molecule has 1 heterocycles. The Hall–Kier alpha value is 0.270. The standard InChI is InChI=1S/C11H23NOS/c1-10(9-14-2)8-12-6-5-11-4-3-7-13-11/h10-12H,3-9H2,1-2H3. The van der Waals surface area contributed by atoms with E-state index in [9.17, 15) is 0 Å². The Morgan fingerprint density at radius 3 is 3.07 bits per heavy atom. The quantitative estimate of drug-likeness (QED) is 0.660. The lowest BCUT2D eigenvalue weighted by Gasteiger charge is -2.13. The molecule has 0 bridgehead atoms. The zero-order valence-electron chi connectivity index (χ0n) is 9.42. The van der Waals surface area contributed by atoms with Crippen molar-refractivity contribution in [1.29, 1.82) is 0 Å². The average molecular weight is 217 g/mol. The van der Waals surface area contributed by atoms with Gasteiger partial charge >= 0.3 is 0 Å². The highest BCUT2D eigenvalue weighted by molar-refractivity contribution is 7.98. The van der Waals surface area contributed by atoms with Crippen molar-refractivity contribution in [3.8, 4) is 0 Å². The van der Waals surface area contributed by atoms with Gasteiger partial charge < -0.3 is 10.1 Å². The van der Waals surface area contributed by atoms with Gasteiger partial charge in [-0.25, -0.2) is 0 Å². The molecule has 2 unspecified atom stereocenters. The summed E-state index contributed by atoms with van der Waals surface area (Å²) in [7, 11) is 0. The predicted octanol–water partition coefficient (Wildman–Crippen LogP) is 2.14.